The fourth-order valence-corrected chi connectivity index (χ4v) is 3.70. The Hall–Kier alpha value is -3.66. The highest BCUT2D eigenvalue weighted by Crippen LogP contribution is 2.35. The molecule has 2 heterocycles. The Morgan fingerprint density at radius 3 is 2.69 bits per heavy atom. The topological polar surface area (TPSA) is 103 Å². The number of carbonyl (C=O) groups is 1. The van der Waals surface area contributed by atoms with Crippen LogP contribution in [0.5, 0.6) is 11.5 Å². The van der Waals surface area contributed by atoms with Crippen molar-refractivity contribution >= 4 is 17.3 Å². The van der Waals surface area contributed by atoms with Crippen LogP contribution in [0.25, 0.3) is 16.3 Å². The van der Waals surface area contributed by atoms with Crippen LogP contribution >= 0.6 is 11.3 Å². The first kappa shape index (κ1) is 18.7. The number of tetrazole rings is 1. The highest BCUT2D eigenvalue weighted by Gasteiger charge is 2.17. The molecule has 4 rings (SSSR count). The van der Waals surface area contributed by atoms with Crippen LogP contribution in [0.15, 0.2) is 42.7 Å². The van der Waals surface area contributed by atoms with Crippen LogP contribution in [0.1, 0.15) is 20.9 Å². The molecule has 0 spiro atoms. The molecule has 0 saturated carbocycles. The molecule has 4 aromatic rings. The summed E-state index contributed by atoms with van der Waals surface area (Å²) in [5.74, 6) is -0.686. The zero-order chi connectivity index (χ0) is 20.5. The standard InChI is InChI=1S/C19H14FN5O3S/c1-10-5-13(20)8-14(6-10)28-16-4-3-12(7-15(16)25-9-21-23-24-25)18-22-11(2)17(29-18)19(26)27/h3-9H,1-2H3,(H,26,27). The average Bonchev–Trinajstić information content (AvgIpc) is 3.31. The predicted molar refractivity (Wildman–Crippen MR) is 103 cm³/mol. The number of halogens is 1. The third-order valence-electron chi connectivity index (χ3n) is 4.04. The van der Waals surface area contributed by atoms with Crippen LogP contribution in [0.3, 0.4) is 0 Å². The minimum Gasteiger partial charge on any atom is -0.477 e. The highest BCUT2D eigenvalue weighted by atomic mass is 32.1. The number of ether oxygens (including phenoxy) is 1. The number of aromatic nitrogens is 5. The summed E-state index contributed by atoms with van der Waals surface area (Å²) in [6.45, 7) is 3.42. The Balaban J connectivity index is 1.79. The van der Waals surface area contributed by atoms with Crippen molar-refractivity contribution in [3.8, 4) is 27.8 Å². The molecule has 0 atom stereocenters. The molecule has 2 aromatic carbocycles. The number of carboxylic acid groups (broad SMARTS) is 1. The second-order valence-corrected chi connectivity index (χ2v) is 7.24. The number of carboxylic acids is 1. The summed E-state index contributed by atoms with van der Waals surface area (Å²) in [4.78, 5) is 15.8. The molecule has 0 aliphatic carbocycles. The van der Waals surface area contributed by atoms with Gasteiger partial charge in [-0.25, -0.2) is 14.2 Å². The van der Waals surface area contributed by atoms with Crippen molar-refractivity contribution < 1.29 is 19.0 Å². The molecule has 2 aromatic heterocycles. The summed E-state index contributed by atoms with van der Waals surface area (Å²) in [5, 5.41) is 21.0. The molecule has 0 fully saturated rings. The molecule has 8 nitrogen and oxygen atoms in total. The zero-order valence-electron chi connectivity index (χ0n) is 15.3. The van der Waals surface area contributed by atoms with E-state index in [4.69, 9.17) is 4.74 Å². The van der Waals surface area contributed by atoms with Crippen molar-refractivity contribution in [2.45, 2.75) is 13.8 Å². The summed E-state index contributed by atoms with van der Waals surface area (Å²) in [6.07, 6.45) is 1.40. The van der Waals surface area contributed by atoms with Crippen LogP contribution < -0.4 is 4.74 Å². The van der Waals surface area contributed by atoms with Crippen LogP contribution in [0, 0.1) is 19.7 Å². The Bertz CT molecular complexity index is 1190. The lowest BCUT2D eigenvalue weighted by molar-refractivity contribution is 0.0701. The zero-order valence-corrected chi connectivity index (χ0v) is 16.1. The van der Waals surface area contributed by atoms with Crippen LogP contribution in [0.4, 0.5) is 4.39 Å². The molecule has 29 heavy (non-hydrogen) atoms. The Morgan fingerprint density at radius 2 is 2.03 bits per heavy atom. The van der Waals surface area contributed by atoms with E-state index in [0.717, 1.165) is 16.9 Å². The van der Waals surface area contributed by atoms with Crippen LogP contribution in [-0.2, 0) is 0 Å². The fourth-order valence-electron chi connectivity index (χ4n) is 2.79. The quantitative estimate of drug-likeness (QED) is 0.529. The van der Waals surface area contributed by atoms with E-state index in [1.807, 2.05) is 0 Å². The first-order chi connectivity index (χ1) is 13.9. The van der Waals surface area contributed by atoms with Gasteiger partial charge in [-0.15, -0.1) is 16.4 Å². The van der Waals surface area contributed by atoms with Gasteiger partial charge in [-0.05, 0) is 60.2 Å². The number of hydrogen-bond donors (Lipinski definition) is 1. The molecule has 0 saturated heterocycles. The third kappa shape index (κ3) is 3.83. The maximum atomic E-state index is 13.7. The van der Waals surface area contributed by atoms with E-state index in [1.165, 1.54) is 23.1 Å². The molecule has 0 unspecified atom stereocenters. The van der Waals surface area contributed by atoms with E-state index in [2.05, 4.69) is 20.5 Å². The van der Waals surface area contributed by atoms with Gasteiger partial charge in [-0.3, -0.25) is 0 Å². The molecule has 0 radical (unpaired) electrons. The van der Waals surface area contributed by atoms with Gasteiger partial charge in [0.05, 0.1) is 5.69 Å². The van der Waals surface area contributed by atoms with Gasteiger partial charge in [0.2, 0.25) is 0 Å². The monoisotopic (exact) mass is 411 g/mol. The summed E-state index contributed by atoms with van der Waals surface area (Å²) in [7, 11) is 0. The molecule has 10 heteroatoms. The lowest BCUT2D eigenvalue weighted by Crippen LogP contribution is -2.00. The molecular formula is C19H14FN5O3S. The fraction of sp³-hybridized carbons (Fsp3) is 0.105. The van der Waals surface area contributed by atoms with Gasteiger partial charge in [0.15, 0.2) is 5.75 Å². The second kappa shape index (κ2) is 7.40. The van der Waals surface area contributed by atoms with Crippen molar-refractivity contribution in [1.29, 1.82) is 0 Å². The number of hydrogen-bond acceptors (Lipinski definition) is 7. The summed E-state index contributed by atoms with van der Waals surface area (Å²) in [5.41, 5.74) is 2.34. The molecule has 0 aliphatic rings. The maximum absolute atomic E-state index is 13.7. The van der Waals surface area contributed by atoms with Gasteiger partial charge in [-0.1, -0.05) is 0 Å². The smallest absolute Gasteiger partial charge is 0.347 e. The van der Waals surface area contributed by atoms with E-state index in [1.54, 1.807) is 38.1 Å². The van der Waals surface area contributed by atoms with E-state index in [-0.39, 0.29) is 4.88 Å². The summed E-state index contributed by atoms with van der Waals surface area (Å²) < 4.78 is 21.0. The van der Waals surface area contributed by atoms with E-state index in [9.17, 15) is 14.3 Å². The minimum absolute atomic E-state index is 0.180. The molecular weight excluding hydrogens is 397 g/mol. The summed E-state index contributed by atoms with van der Waals surface area (Å²) >= 11 is 1.08. The van der Waals surface area contributed by atoms with Crippen molar-refractivity contribution in [2.24, 2.45) is 0 Å². The Kier molecular flexibility index (Phi) is 4.77. The first-order valence-corrected chi connectivity index (χ1v) is 9.26. The van der Waals surface area contributed by atoms with Crippen molar-refractivity contribution in [3.63, 3.8) is 0 Å². The predicted octanol–water partition coefficient (Wildman–Crippen LogP) is 4.03. The van der Waals surface area contributed by atoms with Crippen molar-refractivity contribution in [2.75, 3.05) is 0 Å². The maximum Gasteiger partial charge on any atom is 0.347 e. The van der Waals surface area contributed by atoms with E-state index < -0.39 is 11.8 Å². The SMILES string of the molecule is Cc1cc(F)cc(Oc2ccc(-c3nc(C)c(C(=O)O)s3)cc2-n2cnnn2)c1. The first-order valence-electron chi connectivity index (χ1n) is 8.44. The van der Waals surface area contributed by atoms with Crippen molar-refractivity contribution in [1.82, 2.24) is 25.2 Å². The number of benzene rings is 2. The van der Waals surface area contributed by atoms with Gasteiger partial charge >= 0.3 is 5.97 Å². The van der Waals surface area contributed by atoms with Gasteiger partial charge in [0.1, 0.15) is 33.5 Å². The van der Waals surface area contributed by atoms with Crippen LogP contribution in [-0.4, -0.2) is 36.3 Å². The van der Waals surface area contributed by atoms with E-state index >= 15 is 0 Å². The summed E-state index contributed by atoms with van der Waals surface area (Å²) in [6, 6.07) is 9.57. The number of nitrogens with zero attached hydrogens (tertiary/aromatic N) is 5. The van der Waals surface area contributed by atoms with Gasteiger partial charge in [0, 0.05) is 11.6 Å². The number of rotatable bonds is 5. The van der Waals surface area contributed by atoms with E-state index in [0.29, 0.717) is 33.5 Å². The molecule has 0 bridgehead atoms. The van der Waals surface area contributed by atoms with Crippen LogP contribution in [0.2, 0.25) is 0 Å². The lowest BCUT2D eigenvalue weighted by atomic mass is 10.2. The number of aromatic carboxylic acids is 1. The molecule has 1 N–H and O–H groups in total. The number of thiazole rings is 1. The van der Waals surface area contributed by atoms with Crippen molar-refractivity contribution in [3.05, 3.63) is 64.7 Å². The second-order valence-electron chi connectivity index (χ2n) is 6.24. The largest absolute Gasteiger partial charge is 0.477 e. The Labute approximate surface area is 168 Å². The number of aryl methyl sites for hydroxylation is 2. The third-order valence-corrected chi connectivity index (χ3v) is 5.23. The van der Waals surface area contributed by atoms with Gasteiger partial charge < -0.3 is 9.84 Å². The molecule has 0 amide bonds. The minimum atomic E-state index is -1.02. The Morgan fingerprint density at radius 1 is 1.21 bits per heavy atom. The molecule has 146 valence electrons. The van der Waals surface area contributed by atoms with Gasteiger partial charge in [0.25, 0.3) is 0 Å². The molecule has 0 aliphatic heterocycles. The van der Waals surface area contributed by atoms with Gasteiger partial charge in [-0.2, -0.15) is 4.68 Å². The average molecular weight is 411 g/mol. The normalized spacial score (nSPS) is 10.9. The lowest BCUT2D eigenvalue weighted by Gasteiger charge is -2.12. The highest BCUT2D eigenvalue weighted by molar-refractivity contribution is 7.17.